The molecule has 1 aromatic heterocycles. The molecule has 2 amide bonds. The van der Waals surface area contributed by atoms with Crippen molar-refractivity contribution in [3.05, 3.63) is 58.0 Å². The van der Waals surface area contributed by atoms with Crippen LogP contribution in [0.25, 0.3) is 0 Å². The summed E-state index contributed by atoms with van der Waals surface area (Å²) in [6.07, 6.45) is 0. The summed E-state index contributed by atoms with van der Waals surface area (Å²) < 4.78 is 5.78. The van der Waals surface area contributed by atoms with E-state index in [1.54, 1.807) is 0 Å². The normalized spacial score (nSPS) is 19.7. The van der Waals surface area contributed by atoms with Crippen LogP contribution in [0.4, 0.5) is 0 Å². The monoisotopic (exact) mass is 354 g/mol. The van der Waals surface area contributed by atoms with Crippen molar-refractivity contribution >= 4 is 11.8 Å². The molecule has 26 heavy (non-hydrogen) atoms. The number of likely N-dealkylation sites (tertiary alicyclic amines) is 1. The van der Waals surface area contributed by atoms with E-state index in [2.05, 4.69) is 18.3 Å². The number of furan rings is 1. The second-order valence-electron chi connectivity index (χ2n) is 7.32. The predicted molar refractivity (Wildman–Crippen MR) is 100 cm³/mol. The van der Waals surface area contributed by atoms with Crippen LogP contribution in [0.15, 0.2) is 28.7 Å². The summed E-state index contributed by atoms with van der Waals surface area (Å²) in [5.74, 6) is 1.51. The Morgan fingerprint density at radius 2 is 1.73 bits per heavy atom. The SMILES string of the molecule is CC(=O)N[C@@H]1CN(C(=O)c2cc(C)c(C)cc2C)C[C@H]1c1ccc(C)o1. The van der Waals surface area contributed by atoms with Gasteiger partial charge >= 0.3 is 0 Å². The van der Waals surface area contributed by atoms with Gasteiger partial charge in [0.05, 0.1) is 12.0 Å². The molecule has 3 rings (SSSR count). The lowest BCUT2D eigenvalue weighted by atomic mass is 10.00. The zero-order valence-electron chi connectivity index (χ0n) is 16.1. The van der Waals surface area contributed by atoms with Crippen molar-refractivity contribution in [2.75, 3.05) is 13.1 Å². The second-order valence-corrected chi connectivity index (χ2v) is 7.32. The summed E-state index contributed by atoms with van der Waals surface area (Å²) in [4.78, 5) is 26.6. The lowest BCUT2D eigenvalue weighted by molar-refractivity contribution is -0.119. The standard InChI is InChI=1S/C21H26N2O3/c1-12-8-14(3)17(9-13(12)2)21(25)23-10-18(19(11-23)22-16(5)24)20-7-6-15(4)26-20/h6-9,18-19H,10-11H2,1-5H3,(H,22,24)/t18-,19-/m1/s1. The summed E-state index contributed by atoms with van der Waals surface area (Å²) >= 11 is 0. The lowest BCUT2D eigenvalue weighted by Crippen LogP contribution is -2.39. The van der Waals surface area contributed by atoms with Crippen LogP contribution in [0.1, 0.15) is 51.4 Å². The van der Waals surface area contributed by atoms with E-state index in [0.29, 0.717) is 13.1 Å². The summed E-state index contributed by atoms with van der Waals surface area (Å²) in [5.41, 5.74) is 3.99. The van der Waals surface area contributed by atoms with Gasteiger partial charge in [0, 0.05) is 25.6 Å². The van der Waals surface area contributed by atoms with Crippen LogP contribution in [0.2, 0.25) is 0 Å². The fourth-order valence-corrected chi connectivity index (χ4v) is 3.68. The van der Waals surface area contributed by atoms with E-state index >= 15 is 0 Å². The smallest absolute Gasteiger partial charge is 0.254 e. The van der Waals surface area contributed by atoms with Crippen LogP contribution in [0, 0.1) is 27.7 Å². The van der Waals surface area contributed by atoms with E-state index in [0.717, 1.165) is 28.2 Å². The molecule has 1 aliphatic rings. The maximum absolute atomic E-state index is 13.1. The highest BCUT2D eigenvalue weighted by Gasteiger charge is 2.39. The molecule has 0 aliphatic carbocycles. The first kappa shape index (κ1) is 18.2. The maximum atomic E-state index is 13.1. The molecular formula is C21H26N2O3. The van der Waals surface area contributed by atoms with Gasteiger partial charge in [0.15, 0.2) is 0 Å². The number of carbonyl (C=O) groups excluding carboxylic acids is 2. The van der Waals surface area contributed by atoms with E-state index < -0.39 is 0 Å². The molecule has 0 radical (unpaired) electrons. The van der Waals surface area contributed by atoms with Gasteiger partial charge in [-0.3, -0.25) is 9.59 Å². The molecule has 138 valence electrons. The fraction of sp³-hybridized carbons (Fsp3) is 0.429. The van der Waals surface area contributed by atoms with Crippen molar-refractivity contribution in [2.45, 2.75) is 46.6 Å². The Morgan fingerprint density at radius 1 is 1.04 bits per heavy atom. The molecule has 1 fully saturated rings. The van der Waals surface area contributed by atoms with Crippen LogP contribution < -0.4 is 5.32 Å². The number of amides is 2. The van der Waals surface area contributed by atoms with Crippen molar-refractivity contribution in [2.24, 2.45) is 0 Å². The third kappa shape index (κ3) is 3.52. The summed E-state index contributed by atoms with van der Waals surface area (Å²) in [7, 11) is 0. The molecule has 0 spiro atoms. The molecule has 1 aliphatic heterocycles. The van der Waals surface area contributed by atoms with E-state index in [-0.39, 0.29) is 23.8 Å². The Bertz CT molecular complexity index is 853. The molecule has 2 heterocycles. The number of carbonyl (C=O) groups is 2. The highest BCUT2D eigenvalue weighted by molar-refractivity contribution is 5.96. The largest absolute Gasteiger partial charge is 0.466 e. The highest BCUT2D eigenvalue weighted by Crippen LogP contribution is 2.30. The Kier molecular flexibility index (Phi) is 4.90. The van der Waals surface area contributed by atoms with Gasteiger partial charge in [0.2, 0.25) is 5.91 Å². The molecule has 0 bridgehead atoms. The average molecular weight is 354 g/mol. The molecule has 0 saturated carbocycles. The molecular weight excluding hydrogens is 328 g/mol. The minimum atomic E-state index is -0.145. The zero-order valence-corrected chi connectivity index (χ0v) is 16.1. The van der Waals surface area contributed by atoms with E-state index in [9.17, 15) is 9.59 Å². The minimum absolute atomic E-state index is 0.00623. The Morgan fingerprint density at radius 3 is 2.35 bits per heavy atom. The third-order valence-corrected chi connectivity index (χ3v) is 5.19. The Balaban J connectivity index is 1.88. The summed E-state index contributed by atoms with van der Waals surface area (Å²) in [6, 6.07) is 7.72. The van der Waals surface area contributed by atoms with Gasteiger partial charge in [-0.15, -0.1) is 0 Å². The molecule has 0 unspecified atom stereocenters. The van der Waals surface area contributed by atoms with Gasteiger partial charge < -0.3 is 14.6 Å². The van der Waals surface area contributed by atoms with E-state index in [1.165, 1.54) is 12.5 Å². The quantitative estimate of drug-likeness (QED) is 0.920. The van der Waals surface area contributed by atoms with Crippen LogP contribution in [0.5, 0.6) is 0 Å². The van der Waals surface area contributed by atoms with Crippen molar-refractivity contribution in [3.63, 3.8) is 0 Å². The van der Waals surface area contributed by atoms with E-state index in [4.69, 9.17) is 4.42 Å². The molecule has 1 saturated heterocycles. The summed E-state index contributed by atoms with van der Waals surface area (Å²) in [6.45, 7) is 10.4. The fourth-order valence-electron chi connectivity index (χ4n) is 3.68. The van der Waals surface area contributed by atoms with E-state index in [1.807, 2.05) is 43.9 Å². The third-order valence-electron chi connectivity index (χ3n) is 5.19. The van der Waals surface area contributed by atoms with Crippen LogP contribution in [-0.4, -0.2) is 35.8 Å². The van der Waals surface area contributed by atoms with Gasteiger partial charge in [0.25, 0.3) is 5.91 Å². The molecule has 2 aromatic rings. The van der Waals surface area contributed by atoms with Gasteiger partial charge in [-0.2, -0.15) is 0 Å². The van der Waals surface area contributed by atoms with Gasteiger partial charge in [0.1, 0.15) is 11.5 Å². The van der Waals surface area contributed by atoms with Crippen molar-refractivity contribution in [1.82, 2.24) is 10.2 Å². The first-order valence-corrected chi connectivity index (χ1v) is 8.97. The Labute approximate surface area is 154 Å². The molecule has 5 heteroatoms. The molecule has 1 aromatic carbocycles. The second kappa shape index (κ2) is 6.98. The lowest BCUT2D eigenvalue weighted by Gasteiger charge is -2.19. The van der Waals surface area contributed by atoms with Crippen molar-refractivity contribution < 1.29 is 14.0 Å². The first-order chi connectivity index (χ1) is 12.3. The van der Waals surface area contributed by atoms with Gasteiger partial charge in [-0.1, -0.05) is 6.07 Å². The highest BCUT2D eigenvalue weighted by atomic mass is 16.3. The van der Waals surface area contributed by atoms with Crippen LogP contribution in [0.3, 0.4) is 0 Å². The molecule has 5 nitrogen and oxygen atoms in total. The number of nitrogens with zero attached hydrogens (tertiary/aromatic N) is 1. The molecule has 2 atom stereocenters. The number of aryl methyl sites for hydroxylation is 4. The zero-order chi connectivity index (χ0) is 19.0. The average Bonchev–Trinajstić information content (AvgIpc) is 3.16. The van der Waals surface area contributed by atoms with Gasteiger partial charge in [-0.25, -0.2) is 0 Å². The van der Waals surface area contributed by atoms with Crippen molar-refractivity contribution in [1.29, 1.82) is 0 Å². The van der Waals surface area contributed by atoms with Crippen LogP contribution in [-0.2, 0) is 4.79 Å². The predicted octanol–water partition coefficient (Wildman–Crippen LogP) is 3.26. The van der Waals surface area contributed by atoms with Crippen molar-refractivity contribution in [3.8, 4) is 0 Å². The van der Waals surface area contributed by atoms with Gasteiger partial charge in [-0.05, 0) is 62.6 Å². The number of hydrogen-bond acceptors (Lipinski definition) is 3. The summed E-state index contributed by atoms with van der Waals surface area (Å²) in [5, 5.41) is 2.98. The molecule has 1 N–H and O–H groups in total. The number of nitrogens with one attached hydrogen (secondary N) is 1. The number of benzene rings is 1. The topological polar surface area (TPSA) is 62.6 Å². The van der Waals surface area contributed by atoms with Crippen LogP contribution >= 0.6 is 0 Å². The maximum Gasteiger partial charge on any atom is 0.254 e. The first-order valence-electron chi connectivity index (χ1n) is 8.97. The number of rotatable bonds is 3. The minimum Gasteiger partial charge on any atom is -0.466 e. The number of hydrogen-bond donors (Lipinski definition) is 1. The Hall–Kier alpha value is -2.56.